The minimum atomic E-state index is -0.173. The molecule has 3 N–H and O–H groups in total. The van der Waals surface area contributed by atoms with E-state index in [0.717, 1.165) is 36.2 Å². The number of nitrogens with two attached hydrogens (primary N) is 1. The van der Waals surface area contributed by atoms with E-state index in [2.05, 4.69) is 24.1 Å². The zero-order chi connectivity index (χ0) is 12.3. The molecule has 0 aliphatic carbocycles. The Morgan fingerprint density at radius 2 is 2.12 bits per heavy atom. The highest BCUT2D eigenvalue weighted by Crippen LogP contribution is 2.22. The molecule has 4 heteroatoms. The molecule has 0 spiro atoms. The first-order chi connectivity index (χ1) is 8.18. The van der Waals surface area contributed by atoms with Gasteiger partial charge in [-0.2, -0.15) is 0 Å². The number of nitrogens with zero attached hydrogens (tertiary/aromatic N) is 1. The van der Waals surface area contributed by atoms with Crippen LogP contribution in [-0.2, 0) is 0 Å². The molecular weight excluding hydrogens is 214 g/mol. The smallest absolute Gasteiger partial charge is 0.139 e. The summed E-state index contributed by atoms with van der Waals surface area (Å²) < 4.78 is 5.33. The molecule has 0 atom stereocenters. The van der Waals surface area contributed by atoms with Crippen molar-refractivity contribution in [2.45, 2.75) is 32.2 Å². The van der Waals surface area contributed by atoms with E-state index in [4.69, 9.17) is 10.2 Å². The Kier molecular flexibility index (Phi) is 3.33. The molecule has 0 unspecified atom stereocenters. The summed E-state index contributed by atoms with van der Waals surface area (Å²) in [5, 5.41) is 4.32. The highest BCUT2D eigenvalue weighted by molar-refractivity contribution is 5.87. The first kappa shape index (κ1) is 11.9. The van der Waals surface area contributed by atoms with Crippen molar-refractivity contribution in [3.63, 3.8) is 0 Å². The summed E-state index contributed by atoms with van der Waals surface area (Å²) in [5.74, 6) is 0.841. The fourth-order valence-electron chi connectivity index (χ4n) is 1.80. The third-order valence-corrected chi connectivity index (χ3v) is 3.40. The van der Waals surface area contributed by atoms with Crippen LogP contribution in [0.1, 0.15) is 26.7 Å². The molecule has 0 aliphatic heterocycles. The third kappa shape index (κ3) is 2.42. The van der Waals surface area contributed by atoms with Crippen molar-refractivity contribution in [2.24, 2.45) is 5.73 Å². The normalized spacial score (nSPS) is 11.9. The minimum Gasteiger partial charge on any atom is -0.464 e. The van der Waals surface area contributed by atoms with Gasteiger partial charge in [-0.3, -0.25) is 0 Å². The lowest BCUT2D eigenvalue weighted by Gasteiger charge is -2.27. The number of hydrogen-bond donors (Lipinski definition) is 2. The number of fused-ring (bicyclic) bond motifs is 1. The summed E-state index contributed by atoms with van der Waals surface area (Å²) in [4.78, 5) is 4.32. The van der Waals surface area contributed by atoms with Gasteiger partial charge in [0.15, 0.2) is 0 Å². The maximum Gasteiger partial charge on any atom is 0.139 e. The van der Waals surface area contributed by atoms with Crippen LogP contribution in [0.15, 0.2) is 29.0 Å². The van der Waals surface area contributed by atoms with Gasteiger partial charge in [-0.1, -0.05) is 13.8 Å². The first-order valence-corrected chi connectivity index (χ1v) is 6.03. The standard InChI is InChI=1S/C13H19N3O/c1-3-13(14,4-2)9-16-12-10-6-8-17-11(10)5-7-15-12/h5-8H,3-4,9,14H2,1-2H3,(H,15,16). The molecule has 0 aromatic carbocycles. The molecule has 0 saturated carbocycles. The zero-order valence-corrected chi connectivity index (χ0v) is 10.4. The molecule has 4 nitrogen and oxygen atoms in total. The number of furan rings is 1. The molecule has 0 radical (unpaired) electrons. The monoisotopic (exact) mass is 233 g/mol. The second-order valence-electron chi connectivity index (χ2n) is 4.42. The van der Waals surface area contributed by atoms with Crippen molar-refractivity contribution in [2.75, 3.05) is 11.9 Å². The van der Waals surface area contributed by atoms with E-state index in [1.807, 2.05) is 12.1 Å². The fourth-order valence-corrected chi connectivity index (χ4v) is 1.80. The number of hydrogen-bond acceptors (Lipinski definition) is 4. The lowest BCUT2D eigenvalue weighted by atomic mass is 9.94. The Morgan fingerprint density at radius 3 is 2.82 bits per heavy atom. The lowest BCUT2D eigenvalue weighted by molar-refractivity contribution is 0.418. The highest BCUT2D eigenvalue weighted by Gasteiger charge is 2.20. The van der Waals surface area contributed by atoms with E-state index in [9.17, 15) is 0 Å². The number of anilines is 1. The van der Waals surface area contributed by atoms with Gasteiger partial charge in [0.1, 0.15) is 11.4 Å². The topological polar surface area (TPSA) is 64.1 Å². The van der Waals surface area contributed by atoms with Crippen LogP contribution in [0.3, 0.4) is 0 Å². The second-order valence-corrected chi connectivity index (χ2v) is 4.42. The molecule has 92 valence electrons. The predicted molar refractivity (Wildman–Crippen MR) is 70.0 cm³/mol. The molecular formula is C13H19N3O. The minimum absolute atomic E-state index is 0.173. The lowest BCUT2D eigenvalue weighted by Crippen LogP contribution is -2.45. The zero-order valence-electron chi connectivity index (χ0n) is 10.4. The maximum atomic E-state index is 6.25. The van der Waals surface area contributed by atoms with Crippen LogP contribution in [0.25, 0.3) is 11.0 Å². The summed E-state index contributed by atoms with van der Waals surface area (Å²) in [6.45, 7) is 4.94. The van der Waals surface area contributed by atoms with Crippen molar-refractivity contribution in [3.8, 4) is 0 Å². The third-order valence-electron chi connectivity index (χ3n) is 3.40. The molecule has 0 aliphatic rings. The van der Waals surface area contributed by atoms with E-state index in [0.29, 0.717) is 0 Å². The van der Waals surface area contributed by atoms with Crippen LogP contribution < -0.4 is 11.1 Å². The van der Waals surface area contributed by atoms with Gasteiger partial charge in [-0.25, -0.2) is 4.98 Å². The molecule has 2 aromatic heterocycles. The van der Waals surface area contributed by atoms with Gasteiger partial charge in [-0.15, -0.1) is 0 Å². The maximum absolute atomic E-state index is 6.25. The van der Waals surface area contributed by atoms with Crippen LogP contribution in [0.2, 0.25) is 0 Å². The molecule has 2 aromatic rings. The number of rotatable bonds is 5. The van der Waals surface area contributed by atoms with Crippen LogP contribution in [0.5, 0.6) is 0 Å². The molecule has 17 heavy (non-hydrogen) atoms. The molecule has 0 saturated heterocycles. The molecule has 0 amide bonds. The van der Waals surface area contributed by atoms with Crippen LogP contribution >= 0.6 is 0 Å². The molecule has 0 fully saturated rings. The summed E-state index contributed by atoms with van der Waals surface area (Å²) >= 11 is 0. The Hall–Kier alpha value is -1.55. The fraction of sp³-hybridized carbons (Fsp3) is 0.462. The van der Waals surface area contributed by atoms with Gasteiger partial charge in [0, 0.05) is 18.3 Å². The SMILES string of the molecule is CCC(N)(CC)CNc1nccc2occc12. The van der Waals surface area contributed by atoms with E-state index >= 15 is 0 Å². The molecule has 2 rings (SSSR count). The Balaban J connectivity index is 2.16. The predicted octanol–water partition coefficient (Wildman–Crippen LogP) is 2.76. The van der Waals surface area contributed by atoms with Crippen molar-refractivity contribution in [3.05, 3.63) is 24.6 Å². The summed E-state index contributed by atoms with van der Waals surface area (Å²) in [6, 6.07) is 3.77. The van der Waals surface area contributed by atoms with Crippen molar-refractivity contribution in [1.29, 1.82) is 0 Å². The van der Waals surface area contributed by atoms with Crippen LogP contribution in [0, 0.1) is 0 Å². The largest absolute Gasteiger partial charge is 0.464 e. The second kappa shape index (κ2) is 4.75. The van der Waals surface area contributed by atoms with Gasteiger partial charge in [0.05, 0.1) is 11.6 Å². The Bertz CT molecular complexity index is 488. The van der Waals surface area contributed by atoms with Gasteiger partial charge in [-0.05, 0) is 25.0 Å². The number of aromatic nitrogens is 1. The van der Waals surface area contributed by atoms with Gasteiger partial charge in [0.2, 0.25) is 0 Å². The summed E-state index contributed by atoms with van der Waals surface area (Å²) in [7, 11) is 0. The highest BCUT2D eigenvalue weighted by atomic mass is 16.3. The first-order valence-electron chi connectivity index (χ1n) is 6.03. The molecule has 0 bridgehead atoms. The summed E-state index contributed by atoms with van der Waals surface area (Å²) in [5.41, 5.74) is 6.92. The van der Waals surface area contributed by atoms with Crippen molar-refractivity contribution >= 4 is 16.8 Å². The van der Waals surface area contributed by atoms with Crippen LogP contribution in [0.4, 0.5) is 5.82 Å². The van der Waals surface area contributed by atoms with Crippen LogP contribution in [-0.4, -0.2) is 17.1 Å². The van der Waals surface area contributed by atoms with E-state index in [1.165, 1.54) is 0 Å². The van der Waals surface area contributed by atoms with E-state index < -0.39 is 0 Å². The van der Waals surface area contributed by atoms with Crippen molar-refractivity contribution < 1.29 is 4.42 Å². The van der Waals surface area contributed by atoms with Gasteiger partial charge in [0.25, 0.3) is 0 Å². The Labute approximate surface area is 101 Å². The quantitative estimate of drug-likeness (QED) is 0.833. The average molecular weight is 233 g/mol. The summed E-state index contributed by atoms with van der Waals surface area (Å²) in [6.07, 6.45) is 5.30. The molecule has 2 heterocycles. The average Bonchev–Trinajstić information content (AvgIpc) is 2.84. The van der Waals surface area contributed by atoms with E-state index in [1.54, 1.807) is 12.5 Å². The van der Waals surface area contributed by atoms with Gasteiger partial charge >= 0.3 is 0 Å². The number of nitrogens with one attached hydrogen (secondary N) is 1. The van der Waals surface area contributed by atoms with E-state index in [-0.39, 0.29) is 5.54 Å². The Morgan fingerprint density at radius 1 is 1.35 bits per heavy atom. The van der Waals surface area contributed by atoms with Gasteiger partial charge < -0.3 is 15.5 Å². The number of pyridine rings is 1. The van der Waals surface area contributed by atoms with Crippen molar-refractivity contribution in [1.82, 2.24) is 4.98 Å².